The summed E-state index contributed by atoms with van der Waals surface area (Å²) in [5.41, 5.74) is 1.12. The number of aliphatic hydroxyl groups is 1. The first-order valence-electron chi connectivity index (χ1n) is 5.75. The average molecular weight is 240 g/mol. The Morgan fingerprint density at radius 3 is 2.41 bits per heavy atom. The smallest absolute Gasteiger partial charge is 0.146 e. The van der Waals surface area contributed by atoms with Gasteiger partial charge in [0.05, 0.1) is 11.8 Å². The van der Waals surface area contributed by atoms with Gasteiger partial charge in [-0.1, -0.05) is 12.1 Å². The highest BCUT2D eigenvalue weighted by Crippen LogP contribution is 2.28. The fourth-order valence-corrected chi connectivity index (χ4v) is 1.73. The highest BCUT2D eigenvalue weighted by Gasteiger charge is 2.15. The maximum atomic E-state index is 13.8. The Hall–Kier alpha value is -1.13. The summed E-state index contributed by atoms with van der Waals surface area (Å²) in [5.74, 6) is -0.287. The molecule has 0 aliphatic carbocycles. The molecule has 3 nitrogen and oxygen atoms in total. The monoisotopic (exact) mass is 240 g/mol. The third-order valence-corrected chi connectivity index (χ3v) is 2.73. The molecule has 4 heteroatoms. The Kier molecular flexibility index (Phi) is 4.90. The predicted octanol–water partition coefficient (Wildman–Crippen LogP) is 1.88. The summed E-state index contributed by atoms with van der Waals surface area (Å²) >= 11 is 0. The zero-order chi connectivity index (χ0) is 13.0. The quantitative estimate of drug-likeness (QED) is 0.851. The largest absolute Gasteiger partial charge is 0.389 e. The minimum atomic E-state index is -0.664. The minimum Gasteiger partial charge on any atom is -0.389 e. The molecule has 0 bridgehead atoms. The van der Waals surface area contributed by atoms with Crippen LogP contribution < -0.4 is 4.90 Å². The normalized spacial score (nSPS) is 12.9. The molecule has 0 aromatic heterocycles. The van der Waals surface area contributed by atoms with E-state index in [1.165, 1.54) is 6.07 Å². The van der Waals surface area contributed by atoms with E-state index in [9.17, 15) is 9.50 Å². The molecule has 0 radical (unpaired) electrons. The Morgan fingerprint density at radius 1 is 1.24 bits per heavy atom. The number of hydrogen-bond donors (Lipinski definition) is 1. The van der Waals surface area contributed by atoms with Crippen LogP contribution >= 0.6 is 0 Å². The zero-order valence-corrected chi connectivity index (χ0v) is 10.9. The second-order valence-corrected chi connectivity index (χ2v) is 4.58. The van der Waals surface area contributed by atoms with Gasteiger partial charge in [-0.05, 0) is 27.1 Å². The van der Waals surface area contributed by atoms with Crippen molar-refractivity contribution < 1.29 is 9.50 Å². The van der Waals surface area contributed by atoms with Crippen LogP contribution in [0.1, 0.15) is 18.6 Å². The van der Waals surface area contributed by atoms with Crippen LogP contribution in [0.25, 0.3) is 0 Å². The van der Waals surface area contributed by atoms with Crippen LogP contribution in [0, 0.1) is 5.82 Å². The molecule has 1 rings (SSSR count). The molecule has 0 aliphatic rings. The summed E-state index contributed by atoms with van der Waals surface area (Å²) in [5, 5.41) is 9.65. The summed E-state index contributed by atoms with van der Waals surface area (Å²) in [4.78, 5) is 3.89. The van der Waals surface area contributed by atoms with Gasteiger partial charge in [0.25, 0.3) is 0 Å². The van der Waals surface area contributed by atoms with Gasteiger partial charge in [-0.25, -0.2) is 4.39 Å². The molecule has 0 unspecified atom stereocenters. The SMILES string of the molecule is C[C@H](O)c1cccc(F)c1N(C)CCN(C)C. The van der Waals surface area contributed by atoms with Crippen LogP contribution in [-0.2, 0) is 0 Å². The summed E-state index contributed by atoms with van der Waals surface area (Å²) in [7, 11) is 5.79. The van der Waals surface area contributed by atoms with Crippen molar-refractivity contribution in [1.82, 2.24) is 4.90 Å². The third kappa shape index (κ3) is 3.68. The molecule has 1 N–H and O–H groups in total. The second kappa shape index (κ2) is 5.98. The van der Waals surface area contributed by atoms with E-state index < -0.39 is 6.10 Å². The molecular formula is C13H21FN2O. The van der Waals surface area contributed by atoms with Crippen molar-refractivity contribution in [2.45, 2.75) is 13.0 Å². The summed E-state index contributed by atoms with van der Waals surface area (Å²) in [6.07, 6.45) is -0.664. The van der Waals surface area contributed by atoms with E-state index in [2.05, 4.69) is 0 Å². The first-order valence-corrected chi connectivity index (χ1v) is 5.75. The van der Waals surface area contributed by atoms with E-state index >= 15 is 0 Å². The highest BCUT2D eigenvalue weighted by molar-refractivity contribution is 5.55. The molecule has 0 saturated heterocycles. The van der Waals surface area contributed by atoms with Crippen LogP contribution in [0.4, 0.5) is 10.1 Å². The number of aliphatic hydroxyl groups excluding tert-OH is 1. The molecule has 1 aromatic carbocycles. The first-order chi connectivity index (χ1) is 7.93. The molecular weight excluding hydrogens is 219 g/mol. The van der Waals surface area contributed by atoms with Crippen molar-refractivity contribution in [2.24, 2.45) is 0 Å². The number of halogens is 1. The lowest BCUT2D eigenvalue weighted by molar-refractivity contribution is 0.199. The van der Waals surface area contributed by atoms with Crippen molar-refractivity contribution in [2.75, 3.05) is 39.1 Å². The van der Waals surface area contributed by atoms with Crippen LogP contribution in [0.5, 0.6) is 0 Å². The lowest BCUT2D eigenvalue weighted by atomic mass is 10.1. The molecule has 0 amide bonds. The van der Waals surface area contributed by atoms with Gasteiger partial charge in [0.2, 0.25) is 0 Å². The van der Waals surface area contributed by atoms with Gasteiger partial charge in [-0.3, -0.25) is 0 Å². The molecule has 0 aliphatic heterocycles. The number of anilines is 1. The van der Waals surface area contributed by atoms with E-state index in [4.69, 9.17) is 0 Å². The van der Waals surface area contributed by atoms with Gasteiger partial charge in [-0.2, -0.15) is 0 Å². The van der Waals surface area contributed by atoms with Crippen molar-refractivity contribution in [3.05, 3.63) is 29.6 Å². The van der Waals surface area contributed by atoms with Crippen molar-refractivity contribution in [3.8, 4) is 0 Å². The lowest BCUT2D eigenvalue weighted by Gasteiger charge is -2.25. The van der Waals surface area contributed by atoms with Crippen LogP contribution in [0.3, 0.4) is 0 Å². The van der Waals surface area contributed by atoms with Crippen LogP contribution in [-0.4, -0.2) is 44.2 Å². The van der Waals surface area contributed by atoms with Crippen molar-refractivity contribution >= 4 is 5.69 Å². The standard InChI is InChI=1S/C13H21FN2O/c1-10(17)11-6-5-7-12(14)13(11)16(4)9-8-15(2)3/h5-7,10,17H,8-9H2,1-4H3/t10-/m0/s1. The van der Waals surface area contributed by atoms with Crippen LogP contribution in [0.2, 0.25) is 0 Å². The molecule has 0 spiro atoms. The van der Waals surface area contributed by atoms with Gasteiger partial charge in [0.1, 0.15) is 5.82 Å². The molecule has 1 aromatic rings. The Labute approximate surface area is 102 Å². The van der Waals surface area contributed by atoms with Crippen molar-refractivity contribution in [3.63, 3.8) is 0 Å². The maximum absolute atomic E-state index is 13.8. The minimum absolute atomic E-state index is 0.287. The number of benzene rings is 1. The molecule has 17 heavy (non-hydrogen) atoms. The molecule has 0 saturated carbocycles. The fourth-order valence-electron chi connectivity index (χ4n) is 1.73. The number of para-hydroxylation sites is 1. The Bertz CT molecular complexity index is 366. The molecule has 0 fully saturated rings. The van der Waals surface area contributed by atoms with Gasteiger partial charge in [0, 0.05) is 25.7 Å². The summed E-state index contributed by atoms with van der Waals surface area (Å²) in [6.45, 7) is 3.20. The summed E-state index contributed by atoms with van der Waals surface area (Å²) in [6, 6.07) is 4.81. The summed E-state index contributed by atoms with van der Waals surface area (Å²) < 4.78 is 13.8. The highest BCUT2D eigenvalue weighted by atomic mass is 19.1. The molecule has 1 atom stereocenters. The number of rotatable bonds is 5. The van der Waals surface area contributed by atoms with E-state index in [0.717, 1.165) is 6.54 Å². The van der Waals surface area contributed by atoms with Gasteiger partial charge in [0.15, 0.2) is 0 Å². The Morgan fingerprint density at radius 2 is 1.88 bits per heavy atom. The van der Waals surface area contributed by atoms with E-state index in [1.807, 2.05) is 30.9 Å². The Balaban J connectivity index is 2.94. The first kappa shape index (κ1) is 13.9. The molecule has 96 valence electrons. The van der Waals surface area contributed by atoms with Gasteiger partial charge in [-0.15, -0.1) is 0 Å². The van der Waals surface area contributed by atoms with E-state index in [-0.39, 0.29) is 5.82 Å². The van der Waals surface area contributed by atoms with Gasteiger partial charge >= 0.3 is 0 Å². The van der Waals surface area contributed by atoms with E-state index in [0.29, 0.717) is 17.8 Å². The van der Waals surface area contributed by atoms with Gasteiger partial charge < -0.3 is 14.9 Å². The average Bonchev–Trinajstić information content (AvgIpc) is 2.25. The third-order valence-electron chi connectivity index (χ3n) is 2.73. The fraction of sp³-hybridized carbons (Fsp3) is 0.538. The number of likely N-dealkylation sites (N-methyl/N-ethyl adjacent to an activating group) is 2. The topological polar surface area (TPSA) is 26.7 Å². The maximum Gasteiger partial charge on any atom is 0.146 e. The molecule has 0 heterocycles. The predicted molar refractivity (Wildman–Crippen MR) is 68.9 cm³/mol. The zero-order valence-electron chi connectivity index (χ0n) is 10.9. The van der Waals surface area contributed by atoms with Crippen molar-refractivity contribution in [1.29, 1.82) is 0 Å². The lowest BCUT2D eigenvalue weighted by Crippen LogP contribution is -2.30. The van der Waals surface area contributed by atoms with E-state index in [1.54, 1.807) is 19.1 Å². The van der Waals surface area contributed by atoms with Crippen LogP contribution in [0.15, 0.2) is 18.2 Å². The number of nitrogens with zero attached hydrogens (tertiary/aromatic N) is 2. The second-order valence-electron chi connectivity index (χ2n) is 4.58. The number of hydrogen-bond acceptors (Lipinski definition) is 3.